The van der Waals surface area contributed by atoms with Gasteiger partial charge in [-0.05, 0) is 37.5 Å². The predicted octanol–water partition coefficient (Wildman–Crippen LogP) is 1.46. The predicted molar refractivity (Wildman–Crippen MR) is 103 cm³/mol. The average molecular weight is 367 g/mol. The van der Waals surface area contributed by atoms with Gasteiger partial charge in [-0.3, -0.25) is 19.6 Å². The molecule has 0 spiro atoms. The molecule has 4 rings (SSSR count). The summed E-state index contributed by atoms with van der Waals surface area (Å²) in [6, 6.07) is 9.94. The first-order valence-corrected chi connectivity index (χ1v) is 9.54. The molecule has 1 fully saturated rings. The molecular formula is C20H25N5O2. The van der Waals surface area contributed by atoms with Gasteiger partial charge in [-0.1, -0.05) is 18.2 Å². The number of carbonyl (C=O) groups excluding carboxylic acids is 2. The fourth-order valence-corrected chi connectivity index (χ4v) is 3.87. The van der Waals surface area contributed by atoms with Crippen LogP contribution in [0.5, 0.6) is 0 Å². The molecule has 0 unspecified atom stereocenters. The molecule has 2 amide bonds. The second-order valence-electron chi connectivity index (χ2n) is 7.28. The van der Waals surface area contributed by atoms with E-state index < -0.39 is 0 Å². The number of aromatic amines is 1. The summed E-state index contributed by atoms with van der Waals surface area (Å²) in [7, 11) is 0. The quantitative estimate of drug-likeness (QED) is 0.891. The third kappa shape index (κ3) is 3.73. The highest BCUT2D eigenvalue weighted by Gasteiger charge is 2.27. The van der Waals surface area contributed by atoms with E-state index in [1.165, 1.54) is 5.56 Å². The van der Waals surface area contributed by atoms with Crippen LogP contribution in [0.1, 0.15) is 28.2 Å². The highest BCUT2D eigenvalue weighted by Crippen LogP contribution is 2.26. The van der Waals surface area contributed by atoms with Crippen molar-refractivity contribution >= 4 is 17.5 Å². The minimum absolute atomic E-state index is 0.0460. The molecule has 0 saturated carbocycles. The Balaban J connectivity index is 1.33. The number of hydrogen-bond donors (Lipinski definition) is 1. The van der Waals surface area contributed by atoms with Crippen molar-refractivity contribution < 1.29 is 9.59 Å². The van der Waals surface area contributed by atoms with Crippen LogP contribution in [-0.4, -0.2) is 71.1 Å². The minimum atomic E-state index is -0.0460. The third-order valence-electron chi connectivity index (χ3n) is 5.35. The lowest BCUT2D eigenvalue weighted by molar-refractivity contribution is -0.120. The Morgan fingerprint density at radius 1 is 1.11 bits per heavy atom. The van der Waals surface area contributed by atoms with Gasteiger partial charge in [0.15, 0.2) is 0 Å². The number of aryl methyl sites for hydroxylation is 2. The summed E-state index contributed by atoms with van der Waals surface area (Å²) in [6.07, 6.45) is 2.04. The number of rotatable bonds is 3. The molecule has 2 aliphatic heterocycles. The van der Waals surface area contributed by atoms with E-state index in [2.05, 4.69) is 21.2 Å². The maximum atomic E-state index is 12.9. The molecule has 1 aromatic heterocycles. The second-order valence-corrected chi connectivity index (χ2v) is 7.28. The van der Waals surface area contributed by atoms with Gasteiger partial charge >= 0.3 is 0 Å². The zero-order chi connectivity index (χ0) is 18.8. The number of nitrogens with zero attached hydrogens (tertiary/aromatic N) is 4. The molecule has 2 aliphatic rings. The van der Waals surface area contributed by atoms with Crippen LogP contribution < -0.4 is 4.90 Å². The van der Waals surface area contributed by atoms with E-state index in [9.17, 15) is 9.59 Å². The standard InChI is InChI=1S/C20H25N5O2/c1-15-13-17(22-21-15)20(27)24-11-9-23(10-12-24)14-19(26)25-8-4-6-16-5-2-3-7-18(16)25/h2-3,5,7,13H,4,6,8-12,14H2,1H3,(H,21,22). The van der Waals surface area contributed by atoms with Crippen molar-refractivity contribution in [2.45, 2.75) is 19.8 Å². The number of para-hydroxylation sites is 1. The van der Waals surface area contributed by atoms with Gasteiger partial charge in [0.1, 0.15) is 5.69 Å². The van der Waals surface area contributed by atoms with Crippen molar-refractivity contribution in [3.8, 4) is 0 Å². The van der Waals surface area contributed by atoms with Crippen LogP contribution in [0, 0.1) is 6.92 Å². The smallest absolute Gasteiger partial charge is 0.274 e. The van der Waals surface area contributed by atoms with Gasteiger partial charge in [0.2, 0.25) is 5.91 Å². The van der Waals surface area contributed by atoms with E-state index in [-0.39, 0.29) is 11.8 Å². The van der Waals surface area contributed by atoms with E-state index in [1.807, 2.05) is 34.9 Å². The molecular weight excluding hydrogens is 342 g/mol. The van der Waals surface area contributed by atoms with Crippen LogP contribution in [-0.2, 0) is 11.2 Å². The summed E-state index contributed by atoms with van der Waals surface area (Å²) in [6.45, 7) is 5.71. The lowest BCUT2D eigenvalue weighted by Gasteiger charge is -2.36. The molecule has 1 aromatic carbocycles. The van der Waals surface area contributed by atoms with Crippen molar-refractivity contribution in [2.75, 3.05) is 44.2 Å². The van der Waals surface area contributed by atoms with E-state index in [1.54, 1.807) is 6.07 Å². The first-order valence-electron chi connectivity index (χ1n) is 9.54. The van der Waals surface area contributed by atoms with Crippen molar-refractivity contribution in [1.82, 2.24) is 20.0 Å². The number of hydrogen-bond acceptors (Lipinski definition) is 4. The topological polar surface area (TPSA) is 72.5 Å². The van der Waals surface area contributed by atoms with Gasteiger partial charge < -0.3 is 9.80 Å². The number of aromatic nitrogens is 2. The van der Waals surface area contributed by atoms with Crippen LogP contribution in [0.15, 0.2) is 30.3 Å². The Hall–Kier alpha value is -2.67. The van der Waals surface area contributed by atoms with Crippen molar-refractivity contribution in [2.24, 2.45) is 0 Å². The summed E-state index contributed by atoms with van der Waals surface area (Å²) in [5, 5.41) is 6.86. The number of nitrogens with one attached hydrogen (secondary N) is 1. The van der Waals surface area contributed by atoms with Gasteiger partial charge in [0, 0.05) is 44.1 Å². The number of H-pyrrole nitrogens is 1. The van der Waals surface area contributed by atoms with Gasteiger partial charge in [0.05, 0.1) is 6.54 Å². The largest absolute Gasteiger partial charge is 0.335 e. The summed E-state index contributed by atoms with van der Waals surface area (Å²) in [5.41, 5.74) is 3.64. The van der Waals surface area contributed by atoms with Gasteiger partial charge in [-0.25, -0.2) is 0 Å². The Kier molecular flexibility index (Phi) is 4.94. The molecule has 7 nitrogen and oxygen atoms in total. The number of benzene rings is 1. The number of carbonyl (C=O) groups is 2. The lowest BCUT2D eigenvalue weighted by atomic mass is 10.0. The summed E-state index contributed by atoms with van der Waals surface area (Å²) < 4.78 is 0. The zero-order valence-corrected chi connectivity index (χ0v) is 15.6. The number of piperazine rings is 1. The summed E-state index contributed by atoms with van der Waals surface area (Å²) >= 11 is 0. The van der Waals surface area contributed by atoms with Gasteiger partial charge in [0.25, 0.3) is 5.91 Å². The van der Waals surface area contributed by atoms with Crippen LogP contribution in [0.25, 0.3) is 0 Å². The lowest BCUT2D eigenvalue weighted by Crippen LogP contribution is -2.52. The van der Waals surface area contributed by atoms with Gasteiger partial charge in [-0.15, -0.1) is 0 Å². The zero-order valence-electron chi connectivity index (χ0n) is 15.6. The number of fused-ring (bicyclic) bond motifs is 1. The maximum Gasteiger partial charge on any atom is 0.274 e. The van der Waals surface area contributed by atoms with E-state index in [4.69, 9.17) is 0 Å². The molecule has 27 heavy (non-hydrogen) atoms. The van der Waals surface area contributed by atoms with Crippen LogP contribution in [0.2, 0.25) is 0 Å². The average Bonchev–Trinajstić information content (AvgIpc) is 3.14. The van der Waals surface area contributed by atoms with Crippen LogP contribution in [0.4, 0.5) is 5.69 Å². The maximum absolute atomic E-state index is 12.9. The Morgan fingerprint density at radius 3 is 2.63 bits per heavy atom. The van der Waals surface area contributed by atoms with Gasteiger partial charge in [-0.2, -0.15) is 5.10 Å². The minimum Gasteiger partial charge on any atom is -0.335 e. The summed E-state index contributed by atoms with van der Waals surface area (Å²) in [5.74, 6) is 0.0973. The Morgan fingerprint density at radius 2 is 1.89 bits per heavy atom. The monoisotopic (exact) mass is 367 g/mol. The molecule has 0 atom stereocenters. The fourth-order valence-electron chi connectivity index (χ4n) is 3.87. The molecule has 2 aromatic rings. The van der Waals surface area contributed by atoms with Crippen molar-refractivity contribution in [3.05, 3.63) is 47.3 Å². The van der Waals surface area contributed by atoms with Crippen LogP contribution >= 0.6 is 0 Å². The normalized spacial score (nSPS) is 17.7. The first-order chi connectivity index (χ1) is 13.1. The molecule has 1 N–H and O–H groups in total. The number of amides is 2. The third-order valence-corrected chi connectivity index (χ3v) is 5.35. The van der Waals surface area contributed by atoms with E-state index >= 15 is 0 Å². The SMILES string of the molecule is Cc1cc(C(=O)N2CCN(CC(=O)N3CCCc4ccccc43)CC2)n[nH]1. The molecule has 0 bridgehead atoms. The number of anilines is 1. The summed E-state index contributed by atoms with van der Waals surface area (Å²) in [4.78, 5) is 31.2. The second kappa shape index (κ2) is 7.52. The fraction of sp³-hybridized carbons (Fsp3) is 0.450. The molecule has 0 aliphatic carbocycles. The highest BCUT2D eigenvalue weighted by molar-refractivity contribution is 5.96. The van der Waals surface area contributed by atoms with Crippen molar-refractivity contribution in [3.63, 3.8) is 0 Å². The molecule has 142 valence electrons. The first kappa shape index (κ1) is 17.7. The van der Waals surface area contributed by atoms with Crippen LogP contribution in [0.3, 0.4) is 0 Å². The molecule has 0 radical (unpaired) electrons. The Labute approximate surface area is 158 Å². The molecule has 7 heteroatoms. The Bertz CT molecular complexity index is 838. The van der Waals surface area contributed by atoms with E-state index in [0.29, 0.717) is 38.4 Å². The molecule has 1 saturated heterocycles. The highest BCUT2D eigenvalue weighted by atomic mass is 16.2. The van der Waals surface area contributed by atoms with Crippen molar-refractivity contribution in [1.29, 1.82) is 0 Å². The molecule has 3 heterocycles. The van der Waals surface area contributed by atoms with E-state index in [0.717, 1.165) is 30.8 Å².